The highest BCUT2D eigenvalue weighted by molar-refractivity contribution is 7.47. The number of hydrogen-bond donors (Lipinski definition) is 3. The maximum Gasteiger partial charge on any atom is 0.472 e. The van der Waals surface area contributed by atoms with Gasteiger partial charge in [0.15, 0.2) is 12.2 Å². The first kappa shape index (κ1) is 80.1. The van der Waals surface area contributed by atoms with Crippen LogP contribution >= 0.6 is 15.6 Å². The van der Waals surface area contributed by atoms with Gasteiger partial charge in [0.05, 0.1) is 26.4 Å². The number of esters is 4. The van der Waals surface area contributed by atoms with Crippen LogP contribution in [0.3, 0.4) is 0 Å². The molecule has 0 heterocycles. The number of aliphatic hydroxyl groups is 1. The summed E-state index contributed by atoms with van der Waals surface area (Å²) >= 11 is 0. The van der Waals surface area contributed by atoms with E-state index in [1.807, 2.05) is 0 Å². The molecule has 0 aliphatic heterocycles. The zero-order valence-corrected chi connectivity index (χ0v) is 54.7. The van der Waals surface area contributed by atoms with Gasteiger partial charge in [-0.05, 0) is 43.4 Å². The molecule has 0 rings (SSSR count). The first-order valence-electron chi connectivity index (χ1n) is 32.8. The Morgan fingerprint density at radius 2 is 0.561 bits per heavy atom. The van der Waals surface area contributed by atoms with Crippen molar-refractivity contribution < 1.29 is 80.2 Å². The molecule has 2 unspecified atom stereocenters. The van der Waals surface area contributed by atoms with Crippen molar-refractivity contribution in [3.8, 4) is 0 Å². The minimum absolute atomic E-state index is 0.102. The van der Waals surface area contributed by atoms with Crippen LogP contribution in [-0.2, 0) is 65.4 Å². The molecule has 0 saturated heterocycles. The Labute approximate surface area is 498 Å². The van der Waals surface area contributed by atoms with Crippen molar-refractivity contribution in [2.24, 2.45) is 17.8 Å². The second-order valence-electron chi connectivity index (χ2n) is 24.2. The van der Waals surface area contributed by atoms with Gasteiger partial charge in [-0.1, -0.05) is 254 Å². The number of carbonyl (C=O) groups is 4. The Bertz CT molecular complexity index is 1630. The van der Waals surface area contributed by atoms with Crippen molar-refractivity contribution in [1.29, 1.82) is 0 Å². The van der Waals surface area contributed by atoms with Crippen LogP contribution < -0.4 is 0 Å². The monoisotopic (exact) mass is 1210 g/mol. The minimum Gasteiger partial charge on any atom is -0.462 e. The maximum atomic E-state index is 13.0. The highest BCUT2D eigenvalue weighted by atomic mass is 31.2. The second-order valence-corrected chi connectivity index (χ2v) is 27.1. The van der Waals surface area contributed by atoms with E-state index >= 15 is 0 Å². The Balaban J connectivity index is 5.17. The van der Waals surface area contributed by atoms with Crippen molar-refractivity contribution >= 4 is 39.5 Å². The van der Waals surface area contributed by atoms with E-state index in [1.165, 1.54) is 109 Å². The van der Waals surface area contributed by atoms with Gasteiger partial charge in [0.2, 0.25) is 0 Å². The fourth-order valence-electron chi connectivity index (χ4n) is 9.30. The van der Waals surface area contributed by atoms with E-state index in [2.05, 4.69) is 48.5 Å². The Morgan fingerprint density at radius 1 is 0.329 bits per heavy atom. The Hall–Kier alpha value is -1.94. The van der Waals surface area contributed by atoms with Crippen LogP contribution in [-0.4, -0.2) is 96.7 Å². The third kappa shape index (κ3) is 57.2. The van der Waals surface area contributed by atoms with Gasteiger partial charge in [-0.15, -0.1) is 0 Å². The minimum atomic E-state index is -4.94. The lowest BCUT2D eigenvalue weighted by atomic mass is 10.0. The molecule has 82 heavy (non-hydrogen) atoms. The topological polar surface area (TPSA) is 237 Å². The third-order valence-corrected chi connectivity index (χ3v) is 16.3. The second kappa shape index (κ2) is 54.5. The van der Waals surface area contributed by atoms with Crippen molar-refractivity contribution in [2.75, 3.05) is 39.6 Å². The molecule has 0 spiro atoms. The van der Waals surface area contributed by atoms with Crippen LogP contribution in [0.15, 0.2) is 0 Å². The molecule has 486 valence electrons. The van der Waals surface area contributed by atoms with Gasteiger partial charge in [-0.2, -0.15) is 0 Å². The summed E-state index contributed by atoms with van der Waals surface area (Å²) in [5.74, 6) is 0.0593. The van der Waals surface area contributed by atoms with Crippen molar-refractivity contribution in [3.05, 3.63) is 0 Å². The molecular weight excluding hydrogens is 1090 g/mol. The molecule has 5 atom stereocenters. The molecule has 19 heteroatoms. The summed E-state index contributed by atoms with van der Waals surface area (Å²) in [7, 11) is -9.88. The summed E-state index contributed by atoms with van der Waals surface area (Å²) in [4.78, 5) is 71.9. The van der Waals surface area contributed by atoms with E-state index in [9.17, 15) is 43.2 Å². The standard InChI is InChI=1S/C63H122O17P2/c1-8-9-10-27-37-44-60(65)73-50-58(79-63(68)47-40-33-26-20-23-30-36-43-56(6)7)52-77-81(69,70)75-48-57(64)49-76-82(71,72)78-53-59(51-74-61(66)45-38-31-24-19-18-22-29-35-42-55(4)5)80-62(67)46-39-32-25-17-15-13-11-12-14-16-21-28-34-41-54(2)3/h54-59,64H,8-53H2,1-7H3,(H,69,70)(H,71,72)/t57-,58+,59+/m0/s1. The van der Waals surface area contributed by atoms with Gasteiger partial charge in [0.1, 0.15) is 19.3 Å². The average Bonchev–Trinajstić information content (AvgIpc) is 3.44. The SMILES string of the molecule is CCCCCCCC(=O)OC[C@H](COP(=O)(O)OC[C@H](O)COP(=O)(O)OC[C@@H](COC(=O)CCCCCCCCCCC(C)C)OC(=O)CCCCCCCCCCCCCCCC(C)C)OC(=O)CCCCCCCCCC(C)C. The van der Waals surface area contributed by atoms with E-state index in [0.717, 1.165) is 108 Å². The summed E-state index contributed by atoms with van der Waals surface area (Å²) in [5.41, 5.74) is 0. The molecule has 0 aliphatic carbocycles. The van der Waals surface area contributed by atoms with Crippen LogP contribution in [0, 0.1) is 17.8 Å². The van der Waals surface area contributed by atoms with Crippen LogP contribution in [0.5, 0.6) is 0 Å². The average molecular weight is 1210 g/mol. The smallest absolute Gasteiger partial charge is 0.462 e. The number of ether oxygens (including phenoxy) is 4. The predicted octanol–water partition coefficient (Wildman–Crippen LogP) is 17.1. The van der Waals surface area contributed by atoms with E-state index < -0.39 is 97.5 Å². The number of rotatable bonds is 61. The van der Waals surface area contributed by atoms with Crippen molar-refractivity contribution in [1.82, 2.24) is 0 Å². The van der Waals surface area contributed by atoms with Gasteiger partial charge in [0, 0.05) is 25.7 Å². The third-order valence-electron chi connectivity index (χ3n) is 14.4. The molecule has 0 amide bonds. The lowest BCUT2D eigenvalue weighted by molar-refractivity contribution is -0.161. The van der Waals surface area contributed by atoms with E-state index in [0.29, 0.717) is 31.6 Å². The quantitative estimate of drug-likeness (QED) is 0.0222. The maximum absolute atomic E-state index is 13.0. The first-order chi connectivity index (χ1) is 39.2. The summed E-state index contributed by atoms with van der Waals surface area (Å²) in [6, 6.07) is 0. The molecule has 0 aromatic rings. The van der Waals surface area contributed by atoms with Gasteiger partial charge in [0.25, 0.3) is 0 Å². The van der Waals surface area contributed by atoms with E-state index in [-0.39, 0.29) is 25.7 Å². The molecule has 0 aromatic carbocycles. The predicted molar refractivity (Wildman–Crippen MR) is 326 cm³/mol. The van der Waals surface area contributed by atoms with Gasteiger partial charge >= 0.3 is 39.5 Å². The fourth-order valence-corrected chi connectivity index (χ4v) is 10.9. The zero-order valence-electron chi connectivity index (χ0n) is 52.9. The Morgan fingerprint density at radius 3 is 0.829 bits per heavy atom. The summed E-state index contributed by atoms with van der Waals surface area (Å²) in [6.07, 6.45) is 35.3. The fraction of sp³-hybridized carbons (Fsp3) is 0.937. The Kier molecular flexibility index (Phi) is 53.2. The molecule has 0 radical (unpaired) electrons. The van der Waals surface area contributed by atoms with Crippen molar-refractivity contribution in [3.63, 3.8) is 0 Å². The molecule has 0 aliphatic rings. The summed E-state index contributed by atoms with van der Waals surface area (Å²) in [6.45, 7) is 11.6. The van der Waals surface area contributed by atoms with E-state index in [1.54, 1.807) is 0 Å². The number of unbranched alkanes of at least 4 members (excludes halogenated alkanes) is 29. The largest absolute Gasteiger partial charge is 0.472 e. The normalized spacial score (nSPS) is 14.4. The molecule has 0 bridgehead atoms. The number of phosphoric ester groups is 2. The number of aliphatic hydroxyl groups excluding tert-OH is 1. The van der Waals surface area contributed by atoms with Gasteiger partial charge < -0.3 is 33.8 Å². The van der Waals surface area contributed by atoms with Crippen LogP contribution in [0.1, 0.15) is 305 Å². The summed E-state index contributed by atoms with van der Waals surface area (Å²) in [5, 5.41) is 10.5. The molecular formula is C63H122O17P2. The van der Waals surface area contributed by atoms with Crippen molar-refractivity contribution in [2.45, 2.75) is 324 Å². The van der Waals surface area contributed by atoms with Gasteiger partial charge in [-0.3, -0.25) is 37.3 Å². The van der Waals surface area contributed by atoms with Crippen LogP contribution in [0.4, 0.5) is 0 Å². The lowest BCUT2D eigenvalue weighted by Crippen LogP contribution is -2.30. The van der Waals surface area contributed by atoms with Gasteiger partial charge in [-0.25, -0.2) is 9.13 Å². The number of hydrogen-bond acceptors (Lipinski definition) is 15. The molecule has 17 nitrogen and oxygen atoms in total. The lowest BCUT2D eigenvalue weighted by Gasteiger charge is -2.21. The molecule has 0 aromatic heterocycles. The molecule has 0 fully saturated rings. The van der Waals surface area contributed by atoms with Crippen LogP contribution in [0.2, 0.25) is 0 Å². The highest BCUT2D eigenvalue weighted by Gasteiger charge is 2.30. The summed E-state index contributed by atoms with van der Waals surface area (Å²) < 4.78 is 67.7. The molecule has 3 N–H and O–H groups in total. The number of phosphoric acid groups is 2. The zero-order chi connectivity index (χ0) is 61.0. The van der Waals surface area contributed by atoms with Crippen LogP contribution in [0.25, 0.3) is 0 Å². The van der Waals surface area contributed by atoms with E-state index in [4.69, 9.17) is 37.0 Å². The first-order valence-corrected chi connectivity index (χ1v) is 35.8. The molecule has 0 saturated carbocycles. The number of carbonyl (C=O) groups excluding carboxylic acids is 4. The highest BCUT2D eigenvalue weighted by Crippen LogP contribution is 2.45.